The van der Waals surface area contributed by atoms with E-state index in [1.165, 1.54) is 19.3 Å². The minimum atomic E-state index is -0.0855. The number of hydrogen-bond donors (Lipinski definition) is 1. The van der Waals surface area contributed by atoms with Crippen LogP contribution in [0.25, 0.3) is 11.0 Å². The quantitative estimate of drug-likeness (QED) is 0.877. The molecular weight excluding hydrogens is 344 g/mol. The molecule has 0 spiro atoms. The van der Waals surface area contributed by atoms with Gasteiger partial charge >= 0.3 is 11.7 Å². The predicted molar refractivity (Wildman–Crippen MR) is 105 cm³/mol. The van der Waals surface area contributed by atoms with Crippen LogP contribution in [0.1, 0.15) is 32.1 Å². The van der Waals surface area contributed by atoms with Gasteiger partial charge in [-0.05, 0) is 49.8 Å². The van der Waals surface area contributed by atoms with Crippen molar-refractivity contribution in [2.75, 3.05) is 25.0 Å². The fourth-order valence-corrected chi connectivity index (χ4v) is 4.05. The van der Waals surface area contributed by atoms with E-state index in [4.69, 9.17) is 4.74 Å². The highest BCUT2D eigenvalue weighted by Gasteiger charge is 2.27. The summed E-state index contributed by atoms with van der Waals surface area (Å²) in [5, 5.41) is 3.02. The number of rotatable bonds is 5. The lowest BCUT2D eigenvalue weighted by molar-refractivity contribution is 0.0748. The maximum atomic E-state index is 13.0. The number of hydrogen-bond acceptors (Lipinski definition) is 3. The van der Waals surface area contributed by atoms with Gasteiger partial charge in [-0.1, -0.05) is 6.42 Å². The number of aryl methyl sites for hydroxylation is 2. The van der Waals surface area contributed by atoms with E-state index in [-0.39, 0.29) is 17.8 Å². The van der Waals surface area contributed by atoms with E-state index >= 15 is 0 Å². The highest BCUT2D eigenvalue weighted by atomic mass is 16.5. The summed E-state index contributed by atoms with van der Waals surface area (Å²) in [5.74, 6) is 0.606. The number of nitrogens with zero attached hydrogens (tertiary/aromatic N) is 3. The summed E-state index contributed by atoms with van der Waals surface area (Å²) < 4.78 is 8.96. The van der Waals surface area contributed by atoms with Gasteiger partial charge in [0.2, 0.25) is 0 Å². The van der Waals surface area contributed by atoms with Crippen LogP contribution in [-0.2, 0) is 18.8 Å². The number of ether oxygens (including phenoxy) is 1. The topological polar surface area (TPSA) is 68.5 Å². The first-order valence-electron chi connectivity index (χ1n) is 9.86. The molecule has 1 atom stereocenters. The average molecular weight is 372 g/mol. The summed E-state index contributed by atoms with van der Waals surface area (Å²) in [7, 11) is 3.50. The first-order valence-corrected chi connectivity index (χ1v) is 9.86. The van der Waals surface area contributed by atoms with Gasteiger partial charge in [0.05, 0.1) is 17.1 Å². The molecule has 2 fully saturated rings. The van der Waals surface area contributed by atoms with Crippen molar-refractivity contribution in [2.24, 2.45) is 20.0 Å². The van der Waals surface area contributed by atoms with E-state index in [2.05, 4.69) is 5.32 Å². The van der Waals surface area contributed by atoms with Gasteiger partial charge < -0.3 is 15.0 Å². The third-order valence-corrected chi connectivity index (χ3v) is 5.96. The maximum absolute atomic E-state index is 13.0. The molecule has 1 saturated heterocycles. The molecule has 0 bridgehead atoms. The Morgan fingerprint density at radius 1 is 1.15 bits per heavy atom. The number of imidazole rings is 1. The number of nitrogens with one attached hydrogen (secondary N) is 1. The van der Waals surface area contributed by atoms with Crippen LogP contribution in [0.5, 0.6) is 0 Å². The molecule has 27 heavy (non-hydrogen) atoms. The van der Waals surface area contributed by atoms with Crippen molar-refractivity contribution in [3.63, 3.8) is 0 Å². The van der Waals surface area contributed by atoms with Gasteiger partial charge in [0.15, 0.2) is 0 Å². The highest BCUT2D eigenvalue weighted by molar-refractivity contribution is 5.92. The second-order valence-corrected chi connectivity index (χ2v) is 7.87. The lowest BCUT2D eigenvalue weighted by Gasteiger charge is -2.33. The number of urea groups is 1. The van der Waals surface area contributed by atoms with Crippen molar-refractivity contribution in [3.8, 4) is 0 Å². The van der Waals surface area contributed by atoms with E-state index in [1.807, 2.05) is 23.1 Å². The molecule has 7 heteroatoms. The van der Waals surface area contributed by atoms with Crippen LogP contribution in [0.3, 0.4) is 0 Å². The smallest absolute Gasteiger partial charge is 0.328 e. The molecule has 1 N–H and O–H groups in total. The van der Waals surface area contributed by atoms with E-state index in [9.17, 15) is 9.59 Å². The van der Waals surface area contributed by atoms with Gasteiger partial charge in [0.25, 0.3) is 0 Å². The normalized spacial score (nSPS) is 20.0. The molecule has 7 nitrogen and oxygen atoms in total. The van der Waals surface area contributed by atoms with Crippen LogP contribution >= 0.6 is 0 Å². The molecule has 1 aromatic heterocycles. The number of anilines is 1. The Bertz CT molecular complexity index is 890. The van der Waals surface area contributed by atoms with Crippen molar-refractivity contribution in [1.29, 1.82) is 0 Å². The summed E-state index contributed by atoms with van der Waals surface area (Å²) in [6.07, 6.45) is 5.90. The Hall–Kier alpha value is -2.28. The van der Waals surface area contributed by atoms with Crippen LogP contribution in [0.2, 0.25) is 0 Å². The Morgan fingerprint density at radius 3 is 2.59 bits per heavy atom. The molecule has 2 aromatic rings. The monoisotopic (exact) mass is 372 g/mol. The maximum Gasteiger partial charge on any atom is 0.328 e. The van der Waals surface area contributed by atoms with E-state index in [1.54, 1.807) is 23.2 Å². The van der Waals surface area contributed by atoms with Crippen LogP contribution in [0, 0.1) is 5.92 Å². The van der Waals surface area contributed by atoms with E-state index in [0.29, 0.717) is 18.2 Å². The van der Waals surface area contributed by atoms with E-state index < -0.39 is 0 Å². The van der Waals surface area contributed by atoms with Crippen molar-refractivity contribution >= 4 is 22.8 Å². The van der Waals surface area contributed by atoms with Crippen LogP contribution in [0.4, 0.5) is 10.5 Å². The summed E-state index contributed by atoms with van der Waals surface area (Å²) in [5.41, 5.74) is 2.30. The molecular formula is C20H28N4O3. The zero-order valence-electron chi connectivity index (χ0n) is 16.1. The molecule has 1 aromatic carbocycles. The average Bonchev–Trinajstić information content (AvgIpc) is 3.21. The van der Waals surface area contributed by atoms with Crippen molar-refractivity contribution in [1.82, 2.24) is 14.0 Å². The molecule has 1 aliphatic heterocycles. The number of carbonyl (C=O) groups excluding carboxylic acids is 1. The fraction of sp³-hybridized carbons (Fsp3) is 0.600. The van der Waals surface area contributed by atoms with Crippen LogP contribution in [-0.4, -0.2) is 45.9 Å². The molecule has 2 amide bonds. The molecule has 2 heterocycles. The zero-order chi connectivity index (χ0) is 19.0. The van der Waals surface area contributed by atoms with Gasteiger partial charge in [-0.2, -0.15) is 0 Å². The Morgan fingerprint density at radius 2 is 1.93 bits per heavy atom. The lowest BCUT2D eigenvalue weighted by atomic mass is 9.85. The summed E-state index contributed by atoms with van der Waals surface area (Å²) in [4.78, 5) is 27.0. The minimum absolute atomic E-state index is 0.0709. The standard InChI is InChI=1S/C20H28N4O3/c1-22-17-9-8-15(11-18(17)23(2)20(22)26)21-19(25)24(12-14-5-3-6-14)13-16-7-4-10-27-16/h8-9,11,14,16H,3-7,10,12-13H2,1-2H3,(H,21,25)/t16-/m1/s1. The van der Waals surface area contributed by atoms with Gasteiger partial charge in [-0.3, -0.25) is 9.13 Å². The van der Waals surface area contributed by atoms with E-state index in [0.717, 1.165) is 37.0 Å². The fourth-order valence-electron chi connectivity index (χ4n) is 4.05. The Labute approximate surface area is 158 Å². The molecule has 0 radical (unpaired) electrons. The van der Waals surface area contributed by atoms with Gasteiger partial charge in [0.1, 0.15) is 0 Å². The van der Waals surface area contributed by atoms with Crippen molar-refractivity contribution in [2.45, 2.75) is 38.2 Å². The van der Waals surface area contributed by atoms with Gasteiger partial charge in [-0.25, -0.2) is 9.59 Å². The number of amides is 2. The summed E-state index contributed by atoms with van der Waals surface area (Å²) in [6.45, 7) is 2.23. The van der Waals surface area contributed by atoms with Gasteiger partial charge in [-0.15, -0.1) is 0 Å². The van der Waals surface area contributed by atoms with Gasteiger partial charge in [0, 0.05) is 39.5 Å². The minimum Gasteiger partial charge on any atom is -0.376 e. The highest BCUT2D eigenvalue weighted by Crippen LogP contribution is 2.28. The molecule has 1 aliphatic carbocycles. The third kappa shape index (κ3) is 3.60. The van der Waals surface area contributed by atoms with Crippen molar-refractivity contribution < 1.29 is 9.53 Å². The zero-order valence-corrected chi connectivity index (χ0v) is 16.1. The lowest BCUT2D eigenvalue weighted by Crippen LogP contribution is -2.44. The molecule has 4 rings (SSSR count). The predicted octanol–water partition coefficient (Wildman–Crippen LogP) is 2.69. The number of aromatic nitrogens is 2. The first-order chi connectivity index (χ1) is 13.0. The first kappa shape index (κ1) is 18.1. The Balaban J connectivity index is 1.51. The number of fused-ring (bicyclic) bond motifs is 1. The second-order valence-electron chi connectivity index (χ2n) is 7.87. The van der Waals surface area contributed by atoms with Crippen LogP contribution < -0.4 is 11.0 Å². The molecule has 0 unspecified atom stereocenters. The van der Waals surface area contributed by atoms with Crippen molar-refractivity contribution in [3.05, 3.63) is 28.7 Å². The Kier molecular flexibility index (Phi) is 4.95. The molecule has 2 aliphatic rings. The second kappa shape index (κ2) is 7.38. The largest absolute Gasteiger partial charge is 0.376 e. The number of carbonyl (C=O) groups is 1. The summed E-state index contributed by atoms with van der Waals surface area (Å²) in [6, 6.07) is 5.51. The molecule has 146 valence electrons. The SMILES string of the molecule is Cn1c(=O)n(C)c2cc(NC(=O)N(CC3CCC3)C[C@H]3CCCO3)ccc21. The van der Waals surface area contributed by atoms with Crippen LogP contribution in [0.15, 0.2) is 23.0 Å². The third-order valence-electron chi connectivity index (χ3n) is 5.96. The molecule has 1 saturated carbocycles. The summed E-state index contributed by atoms with van der Waals surface area (Å²) >= 11 is 0. The number of benzene rings is 1.